The molecule has 2 rings (SSSR count). The number of rotatable bonds is 8. The van der Waals surface area contributed by atoms with Crippen molar-refractivity contribution < 1.29 is 19.2 Å². The van der Waals surface area contributed by atoms with E-state index >= 15 is 0 Å². The van der Waals surface area contributed by atoms with Crippen molar-refractivity contribution in [1.82, 2.24) is 16.0 Å². The third-order valence-corrected chi connectivity index (χ3v) is 4.29. The summed E-state index contributed by atoms with van der Waals surface area (Å²) in [6.07, 6.45) is 0. The van der Waals surface area contributed by atoms with E-state index in [-0.39, 0.29) is 19.6 Å². The Bertz CT molecular complexity index is 904. The minimum Gasteiger partial charge on any atom is -0.346 e. The molecule has 0 saturated heterocycles. The number of carbonyl (C=O) groups is 4. The van der Waals surface area contributed by atoms with Gasteiger partial charge in [-0.3, -0.25) is 19.2 Å². The summed E-state index contributed by atoms with van der Waals surface area (Å²) in [5, 5.41) is 18.4. The van der Waals surface area contributed by atoms with Crippen LogP contribution in [0.4, 0.5) is 5.69 Å². The normalized spacial score (nSPS) is 9.68. The number of anilines is 1. The van der Waals surface area contributed by atoms with Crippen molar-refractivity contribution >= 4 is 40.7 Å². The maximum absolute atomic E-state index is 11.8. The van der Waals surface area contributed by atoms with Crippen LogP contribution in [0, 0.1) is 11.3 Å². The van der Waals surface area contributed by atoms with E-state index in [0.29, 0.717) is 15.4 Å². The number of hydrogen-bond acceptors (Lipinski definition) is 6. The van der Waals surface area contributed by atoms with Crippen molar-refractivity contribution in [1.29, 1.82) is 5.26 Å². The van der Waals surface area contributed by atoms with Crippen molar-refractivity contribution in [2.24, 2.45) is 0 Å². The molecule has 0 radical (unpaired) electrons. The molecule has 28 heavy (non-hydrogen) atoms. The summed E-state index contributed by atoms with van der Waals surface area (Å²) in [6, 6.07) is 13.7. The molecule has 1 aromatic heterocycles. The fraction of sp³-hybridized carbons (Fsp3) is 0.167. The van der Waals surface area contributed by atoms with Gasteiger partial charge in [0, 0.05) is 5.69 Å². The third-order valence-electron chi connectivity index (χ3n) is 3.30. The highest BCUT2D eigenvalue weighted by Gasteiger charge is 2.12. The average Bonchev–Trinajstić information content (AvgIpc) is 3.19. The van der Waals surface area contributed by atoms with Crippen LogP contribution in [-0.4, -0.2) is 43.3 Å². The van der Waals surface area contributed by atoms with Gasteiger partial charge in [-0.25, -0.2) is 0 Å². The van der Waals surface area contributed by atoms with Gasteiger partial charge in [-0.15, -0.1) is 11.3 Å². The van der Waals surface area contributed by atoms with E-state index in [9.17, 15) is 19.2 Å². The average molecular weight is 399 g/mol. The minimum absolute atomic E-state index is 0.236. The molecule has 9 nitrogen and oxygen atoms in total. The number of carbonyl (C=O) groups excluding carboxylic acids is 4. The van der Waals surface area contributed by atoms with E-state index in [2.05, 4.69) is 21.3 Å². The van der Waals surface area contributed by atoms with E-state index in [1.807, 2.05) is 12.1 Å². The molecule has 0 spiro atoms. The largest absolute Gasteiger partial charge is 0.346 e. The number of nitrogens with one attached hydrogen (secondary N) is 4. The predicted octanol–water partition coefficient (Wildman–Crippen LogP) is 0.221. The first-order valence-electron chi connectivity index (χ1n) is 8.14. The lowest BCUT2D eigenvalue weighted by molar-refractivity contribution is -0.126. The van der Waals surface area contributed by atoms with Crippen LogP contribution in [0.5, 0.6) is 0 Å². The van der Waals surface area contributed by atoms with Gasteiger partial charge in [-0.05, 0) is 24.3 Å². The first kappa shape index (κ1) is 20.6. The summed E-state index contributed by atoms with van der Waals surface area (Å²) in [7, 11) is 0. The molecule has 1 aromatic carbocycles. The molecule has 0 aliphatic carbocycles. The standard InChI is InChI=1S/C18H17N5O4S/c19-8-13-6-7-14(28-13)18(27)22-10-16(25)20-9-15(24)21-11-17(26)23-12-4-2-1-3-5-12/h1-7H,9-11H2,(H,20,25)(H,21,24)(H,22,27)(H,23,26). The lowest BCUT2D eigenvalue weighted by Gasteiger charge is -2.08. The molecule has 4 N–H and O–H groups in total. The lowest BCUT2D eigenvalue weighted by Crippen LogP contribution is -2.43. The molecule has 2 aromatic rings. The Balaban J connectivity index is 1.62. The quantitative estimate of drug-likeness (QED) is 0.503. The van der Waals surface area contributed by atoms with Gasteiger partial charge in [0.05, 0.1) is 24.5 Å². The molecular formula is C18H17N5O4S. The summed E-state index contributed by atoms with van der Waals surface area (Å²) in [6.45, 7) is -0.884. The molecule has 0 saturated carbocycles. The number of thiophene rings is 1. The van der Waals surface area contributed by atoms with Crippen LogP contribution >= 0.6 is 11.3 Å². The summed E-state index contributed by atoms with van der Waals surface area (Å²) < 4.78 is 0. The number of nitrogens with zero attached hydrogens (tertiary/aromatic N) is 1. The van der Waals surface area contributed by atoms with Crippen LogP contribution in [0.3, 0.4) is 0 Å². The number of nitriles is 1. The van der Waals surface area contributed by atoms with Crippen molar-refractivity contribution in [2.45, 2.75) is 0 Å². The lowest BCUT2D eigenvalue weighted by atomic mass is 10.3. The molecule has 144 valence electrons. The highest BCUT2D eigenvalue weighted by atomic mass is 32.1. The Morgan fingerprint density at radius 1 is 0.821 bits per heavy atom. The van der Waals surface area contributed by atoms with Crippen LogP contribution < -0.4 is 21.3 Å². The molecule has 0 bridgehead atoms. The second-order valence-electron chi connectivity index (χ2n) is 5.43. The SMILES string of the molecule is N#Cc1ccc(C(=O)NCC(=O)NCC(=O)NCC(=O)Nc2ccccc2)s1. The number of hydrogen-bond donors (Lipinski definition) is 4. The Morgan fingerprint density at radius 2 is 1.43 bits per heavy atom. The fourth-order valence-electron chi connectivity index (χ4n) is 1.98. The third kappa shape index (κ3) is 6.89. The van der Waals surface area contributed by atoms with Gasteiger partial charge in [0.25, 0.3) is 5.91 Å². The van der Waals surface area contributed by atoms with Gasteiger partial charge < -0.3 is 21.3 Å². The zero-order valence-corrected chi connectivity index (χ0v) is 15.5. The Labute approximate surface area is 164 Å². The van der Waals surface area contributed by atoms with Gasteiger partial charge in [0.2, 0.25) is 17.7 Å². The van der Waals surface area contributed by atoms with Crippen LogP contribution in [0.1, 0.15) is 14.5 Å². The summed E-state index contributed by atoms with van der Waals surface area (Å²) in [5.74, 6) is -1.98. The molecule has 0 fully saturated rings. The number of benzene rings is 1. The van der Waals surface area contributed by atoms with Crippen LogP contribution in [0.2, 0.25) is 0 Å². The van der Waals surface area contributed by atoms with E-state index in [1.54, 1.807) is 24.3 Å². The topological polar surface area (TPSA) is 140 Å². The zero-order valence-electron chi connectivity index (χ0n) is 14.7. The molecule has 1 heterocycles. The summed E-state index contributed by atoms with van der Waals surface area (Å²) in [5.41, 5.74) is 0.610. The van der Waals surface area contributed by atoms with Gasteiger partial charge in [0.1, 0.15) is 10.9 Å². The Hall–Kier alpha value is -3.71. The summed E-state index contributed by atoms with van der Waals surface area (Å²) >= 11 is 1.01. The first-order valence-corrected chi connectivity index (χ1v) is 8.96. The predicted molar refractivity (Wildman–Crippen MR) is 102 cm³/mol. The summed E-state index contributed by atoms with van der Waals surface area (Å²) in [4.78, 5) is 47.6. The molecule has 0 unspecified atom stereocenters. The van der Waals surface area contributed by atoms with E-state index < -0.39 is 23.6 Å². The first-order chi connectivity index (χ1) is 13.5. The Kier molecular flexibility index (Phi) is 7.68. The molecule has 10 heteroatoms. The molecule has 0 aliphatic heterocycles. The smallest absolute Gasteiger partial charge is 0.261 e. The highest BCUT2D eigenvalue weighted by Crippen LogP contribution is 2.14. The van der Waals surface area contributed by atoms with Crippen LogP contribution in [-0.2, 0) is 14.4 Å². The van der Waals surface area contributed by atoms with Crippen LogP contribution in [0.25, 0.3) is 0 Å². The molecule has 0 atom stereocenters. The molecular weight excluding hydrogens is 382 g/mol. The van der Waals surface area contributed by atoms with Crippen molar-refractivity contribution in [3.63, 3.8) is 0 Å². The van der Waals surface area contributed by atoms with Crippen molar-refractivity contribution in [2.75, 3.05) is 25.0 Å². The highest BCUT2D eigenvalue weighted by molar-refractivity contribution is 7.14. The fourth-order valence-corrected chi connectivity index (χ4v) is 2.70. The van der Waals surface area contributed by atoms with E-state index in [1.165, 1.54) is 12.1 Å². The second-order valence-corrected chi connectivity index (χ2v) is 6.51. The molecule has 0 aliphatic rings. The second kappa shape index (κ2) is 10.4. The van der Waals surface area contributed by atoms with Crippen molar-refractivity contribution in [3.05, 3.63) is 52.2 Å². The maximum atomic E-state index is 11.8. The van der Waals surface area contributed by atoms with E-state index in [0.717, 1.165) is 11.3 Å². The van der Waals surface area contributed by atoms with Gasteiger partial charge in [0.15, 0.2) is 0 Å². The monoisotopic (exact) mass is 399 g/mol. The number of para-hydroxylation sites is 1. The van der Waals surface area contributed by atoms with Gasteiger partial charge in [-0.1, -0.05) is 18.2 Å². The number of amides is 4. The van der Waals surface area contributed by atoms with Crippen LogP contribution in [0.15, 0.2) is 42.5 Å². The van der Waals surface area contributed by atoms with Gasteiger partial charge >= 0.3 is 0 Å². The zero-order chi connectivity index (χ0) is 20.4. The van der Waals surface area contributed by atoms with E-state index in [4.69, 9.17) is 5.26 Å². The Morgan fingerprint density at radius 3 is 2.04 bits per heavy atom. The maximum Gasteiger partial charge on any atom is 0.261 e. The van der Waals surface area contributed by atoms with Crippen molar-refractivity contribution in [3.8, 4) is 6.07 Å². The van der Waals surface area contributed by atoms with Gasteiger partial charge in [-0.2, -0.15) is 5.26 Å². The molecule has 4 amide bonds. The minimum atomic E-state index is -0.561.